The Hall–Kier alpha value is -0.210. The van der Waals surface area contributed by atoms with E-state index in [0.29, 0.717) is 6.61 Å². The number of carbonyl (C=O) groups excluding carboxylic acids is 1. The molecule has 0 aromatic heterocycles. The first-order valence-electron chi connectivity index (χ1n) is 5.66. The largest absolute Gasteiger partial charge is 0.465 e. The number of hydrogen-bond acceptors (Lipinski definition) is 2. The number of rotatable bonds is 5. The van der Waals surface area contributed by atoms with Crippen LogP contribution in [0.2, 0.25) is 0 Å². The number of ether oxygens (including phenoxy) is 1. The smallest absolute Gasteiger partial charge is 0.310 e. The van der Waals surface area contributed by atoms with Crippen LogP contribution in [0.15, 0.2) is 10.6 Å². The first-order chi connectivity index (χ1) is 7.47. The van der Waals surface area contributed by atoms with Gasteiger partial charge in [0.15, 0.2) is 0 Å². The Balaban J connectivity index is 2.67. The number of halogens is 2. The Morgan fingerprint density at radius 1 is 1.44 bits per heavy atom. The van der Waals surface area contributed by atoms with Gasteiger partial charge >= 0.3 is 5.97 Å². The Labute approximate surface area is 107 Å². The van der Waals surface area contributed by atoms with Gasteiger partial charge in [-0.15, -0.1) is 0 Å². The van der Waals surface area contributed by atoms with Crippen LogP contribution < -0.4 is 0 Å². The summed E-state index contributed by atoms with van der Waals surface area (Å²) in [6.45, 7) is 6.60. The summed E-state index contributed by atoms with van der Waals surface area (Å²) < 4.78 is 5.40. The van der Waals surface area contributed by atoms with E-state index in [9.17, 15) is 4.79 Å². The van der Waals surface area contributed by atoms with E-state index >= 15 is 0 Å². The molecule has 92 valence electrons. The summed E-state index contributed by atoms with van der Waals surface area (Å²) in [4.78, 5) is 11.8. The maximum Gasteiger partial charge on any atom is 0.310 e. The molecule has 3 unspecified atom stereocenters. The molecule has 0 N–H and O–H groups in total. The average molecular weight is 265 g/mol. The van der Waals surface area contributed by atoms with Crippen molar-refractivity contribution in [1.82, 2.24) is 0 Å². The van der Waals surface area contributed by atoms with Crippen LogP contribution in [0.5, 0.6) is 0 Å². The highest BCUT2D eigenvalue weighted by molar-refractivity contribution is 6.55. The van der Waals surface area contributed by atoms with Crippen LogP contribution in [0.4, 0.5) is 0 Å². The van der Waals surface area contributed by atoms with E-state index in [-0.39, 0.29) is 27.7 Å². The van der Waals surface area contributed by atoms with E-state index in [1.807, 2.05) is 6.92 Å². The topological polar surface area (TPSA) is 26.3 Å². The Morgan fingerprint density at radius 3 is 2.50 bits per heavy atom. The SMILES string of the molecule is CCCOC(=O)C1C(C=C(Cl)Cl)C1(C)CC. The zero-order chi connectivity index (χ0) is 12.3. The van der Waals surface area contributed by atoms with E-state index in [4.69, 9.17) is 27.9 Å². The second-order valence-corrected chi connectivity index (χ2v) is 5.49. The second-order valence-electron chi connectivity index (χ2n) is 4.49. The molecule has 4 heteroatoms. The molecule has 16 heavy (non-hydrogen) atoms. The summed E-state index contributed by atoms with van der Waals surface area (Å²) in [6.07, 6.45) is 3.52. The molecule has 1 rings (SSSR count). The summed E-state index contributed by atoms with van der Waals surface area (Å²) in [5.41, 5.74) is -0.0418. The Kier molecular flexibility index (Phi) is 4.69. The average Bonchev–Trinajstić information content (AvgIpc) is 2.80. The molecule has 0 heterocycles. The lowest BCUT2D eigenvalue weighted by Gasteiger charge is -2.06. The number of carbonyl (C=O) groups is 1. The minimum Gasteiger partial charge on any atom is -0.465 e. The quantitative estimate of drug-likeness (QED) is 0.704. The van der Waals surface area contributed by atoms with Crippen molar-refractivity contribution in [3.63, 3.8) is 0 Å². The molecule has 0 aromatic rings. The molecule has 0 spiro atoms. The molecule has 1 aliphatic rings. The van der Waals surface area contributed by atoms with Gasteiger partial charge in [-0.1, -0.05) is 44.0 Å². The highest BCUT2D eigenvalue weighted by Crippen LogP contribution is 2.62. The first-order valence-corrected chi connectivity index (χ1v) is 6.42. The third-order valence-corrected chi connectivity index (χ3v) is 3.74. The Morgan fingerprint density at radius 2 is 2.06 bits per heavy atom. The van der Waals surface area contributed by atoms with Crippen LogP contribution in [0.1, 0.15) is 33.6 Å². The van der Waals surface area contributed by atoms with Crippen LogP contribution >= 0.6 is 23.2 Å². The van der Waals surface area contributed by atoms with Crippen molar-refractivity contribution >= 4 is 29.2 Å². The van der Waals surface area contributed by atoms with E-state index in [1.165, 1.54) is 0 Å². The summed E-state index contributed by atoms with van der Waals surface area (Å²) in [7, 11) is 0. The lowest BCUT2D eigenvalue weighted by atomic mass is 10.0. The van der Waals surface area contributed by atoms with Crippen molar-refractivity contribution in [3.05, 3.63) is 10.6 Å². The van der Waals surface area contributed by atoms with E-state index in [1.54, 1.807) is 6.08 Å². The molecular weight excluding hydrogens is 247 g/mol. The molecule has 1 saturated carbocycles. The van der Waals surface area contributed by atoms with Gasteiger partial charge in [-0.05, 0) is 30.3 Å². The summed E-state index contributed by atoms with van der Waals surface area (Å²) in [6, 6.07) is 0. The minimum absolute atomic E-state index is 0.0418. The molecule has 0 bridgehead atoms. The molecule has 0 radical (unpaired) electrons. The van der Waals surface area contributed by atoms with E-state index < -0.39 is 0 Å². The third-order valence-electron chi connectivity index (χ3n) is 3.49. The lowest BCUT2D eigenvalue weighted by Crippen LogP contribution is -2.12. The number of esters is 1. The predicted molar refractivity (Wildman–Crippen MR) is 66.4 cm³/mol. The van der Waals surface area contributed by atoms with Gasteiger partial charge in [0.1, 0.15) is 4.49 Å². The number of hydrogen-bond donors (Lipinski definition) is 0. The van der Waals surface area contributed by atoms with Gasteiger partial charge in [0.25, 0.3) is 0 Å². The summed E-state index contributed by atoms with van der Waals surface area (Å²) in [5, 5.41) is 0. The lowest BCUT2D eigenvalue weighted by molar-refractivity contribution is -0.146. The van der Waals surface area contributed by atoms with E-state index in [0.717, 1.165) is 12.8 Å². The minimum atomic E-state index is -0.123. The van der Waals surface area contributed by atoms with Crippen LogP contribution in [0.3, 0.4) is 0 Å². The molecule has 0 aromatic carbocycles. The van der Waals surface area contributed by atoms with Gasteiger partial charge in [0.2, 0.25) is 0 Å². The maximum atomic E-state index is 11.8. The van der Waals surface area contributed by atoms with Crippen LogP contribution in [0, 0.1) is 17.3 Å². The highest BCUT2D eigenvalue weighted by Gasteiger charge is 2.63. The predicted octanol–water partition coefficient (Wildman–Crippen LogP) is 3.92. The van der Waals surface area contributed by atoms with Crippen LogP contribution in [-0.2, 0) is 9.53 Å². The third kappa shape index (κ3) is 2.72. The fraction of sp³-hybridized carbons (Fsp3) is 0.750. The summed E-state index contributed by atoms with van der Waals surface area (Å²) in [5.74, 6) is -0.0922. The number of allylic oxidation sites excluding steroid dienone is 1. The van der Waals surface area contributed by atoms with Gasteiger partial charge in [-0.3, -0.25) is 4.79 Å². The van der Waals surface area contributed by atoms with Crippen molar-refractivity contribution in [2.45, 2.75) is 33.6 Å². The fourth-order valence-electron chi connectivity index (χ4n) is 2.19. The van der Waals surface area contributed by atoms with Crippen molar-refractivity contribution in [2.75, 3.05) is 6.61 Å². The van der Waals surface area contributed by atoms with Gasteiger partial charge < -0.3 is 4.74 Å². The molecule has 1 fully saturated rings. The molecule has 0 saturated heterocycles. The van der Waals surface area contributed by atoms with Gasteiger partial charge in [0.05, 0.1) is 12.5 Å². The highest BCUT2D eigenvalue weighted by atomic mass is 35.5. The van der Waals surface area contributed by atoms with Crippen LogP contribution in [-0.4, -0.2) is 12.6 Å². The Bertz CT molecular complexity index is 297. The zero-order valence-electron chi connectivity index (χ0n) is 9.93. The summed E-state index contributed by atoms with van der Waals surface area (Å²) >= 11 is 11.3. The molecule has 3 atom stereocenters. The van der Waals surface area contributed by atoms with Crippen LogP contribution in [0.25, 0.3) is 0 Å². The molecule has 0 aliphatic heterocycles. The van der Waals surface area contributed by atoms with E-state index in [2.05, 4.69) is 13.8 Å². The monoisotopic (exact) mass is 264 g/mol. The van der Waals surface area contributed by atoms with Gasteiger partial charge in [-0.2, -0.15) is 0 Å². The molecule has 0 amide bonds. The van der Waals surface area contributed by atoms with Crippen molar-refractivity contribution < 1.29 is 9.53 Å². The van der Waals surface area contributed by atoms with Gasteiger partial charge in [0, 0.05) is 0 Å². The zero-order valence-corrected chi connectivity index (χ0v) is 11.4. The van der Waals surface area contributed by atoms with Crippen molar-refractivity contribution in [3.8, 4) is 0 Å². The molecular formula is C12H18Cl2O2. The van der Waals surface area contributed by atoms with Gasteiger partial charge in [-0.25, -0.2) is 0 Å². The first kappa shape index (κ1) is 13.9. The van der Waals surface area contributed by atoms with Crippen molar-refractivity contribution in [1.29, 1.82) is 0 Å². The second kappa shape index (κ2) is 5.42. The standard InChI is InChI=1S/C12H18Cl2O2/c1-4-6-16-11(15)10-8(7-9(13)14)12(10,3)5-2/h7-8,10H,4-6H2,1-3H3. The van der Waals surface area contributed by atoms with Crippen molar-refractivity contribution in [2.24, 2.45) is 17.3 Å². The fourth-order valence-corrected chi connectivity index (χ4v) is 2.46. The molecule has 2 nitrogen and oxygen atoms in total. The molecule has 1 aliphatic carbocycles. The maximum absolute atomic E-state index is 11.8. The normalized spacial score (nSPS) is 32.1.